The van der Waals surface area contributed by atoms with Gasteiger partial charge in [-0.2, -0.15) is 5.10 Å². The summed E-state index contributed by atoms with van der Waals surface area (Å²) in [6, 6.07) is 16.3. The molecule has 1 atom stereocenters. The van der Waals surface area contributed by atoms with Gasteiger partial charge in [-0.1, -0.05) is 48.2 Å². The predicted molar refractivity (Wildman–Crippen MR) is 102 cm³/mol. The fourth-order valence-corrected chi connectivity index (χ4v) is 4.05. The van der Waals surface area contributed by atoms with Crippen LogP contribution in [0.25, 0.3) is 0 Å². The molecule has 4 rings (SSSR count). The summed E-state index contributed by atoms with van der Waals surface area (Å²) in [7, 11) is 0. The van der Waals surface area contributed by atoms with Crippen LogP contribution in [0, 0.1) is 0 Å². The van der Waals surface area contributed by atoms with Crippen molar-refractivity contribution in [2.75, 3.05) is 0 Å². The predicted octanol–water partition coefficient (Wildman–Crippen LogP) is 3.90. The number of nitrogens with zero attached hydrogens (tertiary/aromatic N) is 2. The van der Waals surface area contributed by atoms with Crippen molar-refractivity contribution in [3.05, 3.63) is 77.1 Å². The minimum Gasteiger partial charge on any atom is -0.345 e. The number of hydrogen-bond acceptors (Lipinski definition) is 4. The maximum Gasteiger partial charge on any atom is 0.251 e. The maximum absolute atomic E-state index is 12.6. The highest BCUT2D eigenvalue weighted by molar-refractivity contribution is 7.98. The molecule has 3 aromatic rings. The van der Waals surface area contributed by atoms with Crippen LogP contribution in [0.2, 0.25) is 0 Å². The summed E-state index contributed by atoms with van der Waals surface area (Å²) < 4.78 is 0. The van der Waals surface area contributed by atoms with Crippen LogP contribution in [0.5, 0.6) is 0 Å². The number of hydrogen-bond donors (Lipinski definition) is 2. The number of fused-ring (bicyclic) bond motifs is 1. The Balaban J connectivity index is 1.39. The van der Waals surface area contributed by atoms with Gasteiger partial charge in [0.15, 0.2) is 5.16 Å². The Bertz CT molecular complexity index is 877. The molecule has 1 aliphatic carbocycles. The van der Waals surface area contributed by atoms with Gasteiger partial charge in [0.25, 0.3) is 5.91 Å². The minimum atomic E-state index is -0.0128. The third kappa shape index (κ3) is 3.80. The number of aromatic nitrogens is 3. The number of rotatable bonds is 5. The van der Waals surface area contributed by atoms with Crippen molar-refractivity contribution in [3.63, 3.8) is 0 Å². The maximum atomic E-state index is 12.6. The topological polar surface area (TPSA) is 70.7 Å². The van der Waals surface area contributed by atoms with E-state index >= 15 is 0 Å². The molecule has 1 heterocycles. The second-order valence-electron chi connectivity index (χ2n) is 6.39. The van der Waals surface area contributed by atoms with E-state index in [9.17, 15) is 4.79 Å². The molecule has 2 N–H and O–H groups in total. The number of carbonyl (C=O) groups excluding carboxylic acids is 1. The molecule has 0 saturated carbocycles. The van der Waals surface area contributed by atoms with Gasteiger partial charge in [0, 0.05) is 11.3 Å². The van der Waals surface area contributed by atoms with E-state index in [-0.39, 0.29) is 11.9 Å². The van der Waals surface area contributed by atoms with Gasteiger partial charge in [0.05, 0.1) is 6.04 Å². The quantitative estimate of drug-likeness (QED) is 0.674. The number of H-pyrrole nitrogens is 1. The van der Waals surface area contributed by atoms with E-state index in [1.807, 2.05) is 30.3 Å². The molecule has 6 heteroatoms. The zero-order valence-corrected chi connectivity index (χ0v) is 15.1. The number of amides is 1. The van der Waals surface area contributed by atoms with E-state index in [4.69, 9.17) is 0 Å². The van der Waals surface area contributed by atoms with Gasteiger partial charge in [-0.05, 0) is 48.1 Å². The number of nitrogens with one attached hydrogen (secondary N) is 2. The van der Waals surface area contributed by atoms with Gasteiger partial charge in [-0.25, -0.2) is 4.98 Å². The van der Waals surface area contributed by atoms with E-state index in [1.54, 1.807) is 11.8 Å². The molecule has 1 amide bonds. The van der Waals surface area contributed by atoms with E-state index in [1.165, 1.54) is 17.5 Å². The number of carbonyl (C=O) groups is 1. The number of aryl methyl sites for hydroxylation is 1. The average Bonchev–Trinajstić information content (AvgIpc) is 3.21. The third-order valence-electron chi connectivity index (χ3n) is 4.66. The zero-order valence-electron chi connectivity index (χ0n) is 14.3. The lowest BCUT2D eigenvalue weighted by molar-refractivity contribution is 0.0933. The van der Waals surface area contributed by atoms with Crippen molar-refractivity contribution in [2.45, 2.75) is 36.2 Å². The largest absolute Gasteiger partial charge is 0.345 e. The molecule has 0 spiro atoms. The summed E-state index contributed by atoms with van der Waals surface area (Å²) in [4.78, 5) is 16.7. The number of thioether (sulfide) groups is 1. The summed E-state index contributed by atoms with van der Waals surface area (Å²) in [5.41, 5.74) is 4.45. The monoisotopic (exact) mass is 364 g/mol. The molecule has 0 fully saturated rings. The van der Waals surface area contributed by atoms with Crippen LogP contribution in [0.4, 0.5) is 0 Å². The lowest BCUT2D eigenvalue weighted by Crippen LogP contribution is -2.30. The molecule has 0 aliphatic heterocycles. The molecule has 2 aromatic carbocycles. The Labute approximate surface area is 156 Å². The molecule has 1 aromatic heterocycles. The minimum absolute atomic E-state index is 0.0128. The van der Waals surface area contributed by atoms with Crippen molar-refractivity contribution >= 4 is 17.7 Å². The Morgan fingerprint density at radius 2 is 2.04 bits per heavy atom. The van der Waals surface area contributed by atoms with Crippen LogP contribution in [-0.4, -0.2) is 21.1 Å². The molecule has 0 saturated heterocycles. The van der Waals surface area contributed by atoms with Gasteiger partial charge < -0.3 is 5.32 Å². The van der Waals surface area contributed by atoms with Crippen LogP contribution in [0.15, 0.2) is 60.0 Å². The number of aromatic amines is 1. The first-order chi connectivity index (χ1) is 12.8. The Morgan fingerprint density at radius 1 is 1.19 bits per heavy atom. The lowest BCUT2D eigenvalue weighted by atomic mass is 9.87. The average molecular weight is 364 g/mol. The summed E-state index contributed by atoms with van der Waals surface area (Å²) in [5, 5.41) is 10.7. The standard InChI is InChI=1S/C20H20N4OS/c25-19(23-18-7-3-5-15-4-1-2-6-17(15)18)16-10-8-14(9-11-16)12-26-20-21-13-22-24-20/h1-2,4,6,8-11,13,18H,3,5,7,12H2,(H,23,25)(H,21,22,24)/t18-/m1/s1. The van der Waals surface area contributed by atoms with Crippen LogP contribution >= 0.6 is 11.8 Å². The highest BCUT2D eigenvalue weighted by Gasteiger charge is 2.21. The summed E-state index contributed by atoms with van der Waals surface area (Å²) >= 11 is 1.59. The van der Waals surface area contributed by atoms with Gasteiger partial charge >= 0.3 is 0 Å². The number of benzene rings is 2. The van der Waals surface area contributed by atoms with Crippen molar-refractivity contribution in [1.82, 2.24) is 20.5 Å². The zero-order chi connectivity index (χ0) is 17.8. The van der Waals surface area contributed by atoms with Crippen LogP contribution in [0.3, 0.4) is 0 Å². The van der Waals surface area contributed by atoms with Crippen molar-refractivity contribution in [2.24, 2.45) is 0 Å². The Kier molecular flexibility index (Phi) is 5.02. The van der Waals surface area contributed by atoms with E-state index in [0.717, 1.165) is 35.7 Å². The lowest BCUT2D eigenvalue weighted by Gasteiger charge is -2.26. The third-order valence-corrected chi connectivity index (χ3v) is 5.61. The molecule has 26 heavy (non-hydrogen) atoms. The Hall–Kier alpha value is -2.60. The van der Waals surface area contributed by atoms with Crippen LogP contribution in [0.1, 0.15) is 45.9 Å². The van der Waals surface area contributed by atoms with Gasteiger partial charge in [0.2, 0.25) is 0 Å². The molecular weight excluding hydrogens is 344 g/mol. The van der Waals surface area contributed by atoms with Crippen LogP contribution < -0.4 is 5.32 Å². The Morgan fingerprint density at radius 3 is 2.85 bits per heavy atom. The smallest absolute Gasteiger partial charge is 0.251 e. The van der Waals surface area contributed by atoms with Crippen molar-refractivity contribution in [1.29, 1.82) is 0 Å². The summed E-state index contributed by atoms with van der Waals surface area (Å²) in [6.45, 7) is 0. The molecule has 132 valence electrons. The van der Waals surface area contributed by atoms with Gasteiger partial charge in [-0.15, -0.1) is 0 Å². The molecular formula is C20H20N4OS. The first-order valence-corrected chi connectivity index (χ1v) is 9.74. The summed E-state index contributed by atoms with van der Waals surface area (Å²) in [5.74, 6) is 0.772. The molecule has 1 aliphatic rings. The normalized spacial score (nSPS) is 16.1. The van der Waals surface area contributed by atoms with Crippen molar-refractivity contribution < 1.29 is 4.79 Å². The van der Waals surface area contributed by atoms with E-state index in [2.05, 4.69) is 38.7 Å². The van der Waals surface area contributed by atoms with E-state index in [0.29, 0.717) is 5.56 Å². The van der Waals surface area contributed by atoms with Gasteiger partial charge in [0.1, 0.15) is 6.33 Å². The molecule has 0 bridgehead atoms. The first kappa shape index (κ1) is 16.8. The van der Waals surface area contributed by atoms with Crippen LogP contribution in [-0.2, 0) is 12.2 Å². The van der Waals surface area contributed by atoms with Gasteiger partial charge in [-0.3, -0.25) is 9.89 Å². The first-order valence-electron chi connectivity index (χ1n) is 8.75. The molecule has 0 radical (unpaired) electrons. The highest BCUT2D eigenvalue weighted by atomic mass is 32.2. The van der Waals surface area contributed by atoms with E-state index < -0.39 is 0 Å². The van der Waals surface area contributed by atoms with Crippen molar-refractivity contribution in [3.8, 4) is 0 Å². The summed E-state index contributed by atoms with van der Waals surface area (Å²) in [6.07, 6.45) is 4.70. The second kappa shape index (κ2) is 7.74. The second-order valence-corrected chi connectivity index (χ2v) is 7.36. The SMILES string of the molecule is O=C(N[C@@H]1CCCc2ccccc21)c1ccc(CSc2ncn[nH]2)cc1. The molecule has 0 unspecified atom stereocenters. The highest BCUT2D eigenvalue weighted by Crippen LogP contribution is 2.29. The fraction of sp³-hybridized carbons (Fsp3) is 0.250. The molecule has 5 nitrogen and oxygen atoms in total. The fourth-order valence-electron chi connectivity index (χ4n) is 3.31.